The lowest BCUT2D eigenvalue weighted by atomic mass is 10.1. The van der Waals surface area contributed by atoms with Crippen LogP contribution in [0.1, 0.15) is 110 Å². The number of ether oxygens (including phenoxy) is 2. The van der Waals surface area contributed by atoms with Crippen LogP contribution in [-0.4, -0.2) is 82.9 Å². The molecular formula is C43H70NO11P. The van der Waals surface area contributed by atoms with Gasteiger partial charge in [0.1, 0.15) is 6.61 Å². The maximum absolute atomic E-state index is 12.6. The number of nitrogens with two attached hydrogens (primary N) is 1. The number of carbonyl (C=O) groups excluding carboxylic acids is 2. The largest absolute Gasteiger partial charge is 0.472 e. The highest BCUT2D eigenvalue weighted by Crippen LogP contribution is 2.43. The molecular weight excluding hydrogens is 737 g/mol. The summed E-state index contributed by atoms with van der Waals surface area (Å²) in [6, 6.07) is 0. The zero-order valence-corrected chi connectivity index (χ0v) is 34.5. The predicted octanol–water partition coefficient (Wildman–Crippen LogP) is 7.96. The van der Waals surface area contributed by atoms with Gasteiger partial charge in [-0.15, -0.1) is 0 Å². The van der Waals surface area contributed by atoms with Gasteiger partial charge in [0.15, 0.2) is 6.10 Å². The standard InChI is InChI=1S/C43H70NO11P/c1-3-5-7-8-9-10-11-12-13-14-15-16-17-22-26-32-43(49)55-39(37-54-56(50,51)53-35-34-44)36-52-42(48)33-27-31-41(47)40(46)30-25-21-19-18-20-24-29-38(45)28-23-6-4-2/h5-7,9-10,12-13,18-21,23-25,29-30,38-41,45-47H,3-4,8,11,14-17,22,26-28,31-37,44H2,1-2H3,(H,50,51)/b7-5-,10-9-,13-12-,20-18+,21-19-,23-6-,29-24+,30-25-/t38-,39-,40+,41+/m1/s1. The van der Waals surface area contributed by atoms with Crippen LogP contribution in [0.15, 0.2) is 97.2 Å². The molecule has 0 aromatic carbocycles. The van der Waals surface area contributed by atoms with Crippen LogP contribution in [0.2, 0.25) is 0 Å². The highest BCUT2D eigenvalue weighted by molar-refractivity contribution is 7.47. The number of unbranched alkanes of at least 4 members (excludes halogenated alkanes) is 5. The van der Waals surface area contributed by atoms with E-state index in [0.717, 1.165) is 57.8 Å². The maximum atomic E-state index is 12.6. The van der Waals surface area contributed by atoms with Gasteiger partial charge in [0, 0.05) is 19.4 Å². The van der Waals surface area contributed by atoms with Gasteiger partial charge in [-0.05, 0) is 64.2 Å². The maximum Gasteiger partial charge on any atom is 0.472 e. The van der Waals surface area contributed by atoms with Crippen molar-refractivity contribution < 1.29 is 52.9 Å². The third-order valence-corrected chi connectivity index (χ3v) is 8.79. The van der Waals surface area contributed by atoms with Gasteiger partial charge in [-0.2, -0.15) is 0 Å². The van der Waals surface area contributed by atoms with Crippen molar-refractivity contribution in [2.24, 2.45) is 5.73 Å². The molecule has 318 valence electrons. The lowest BCUT2D eigenvalue weighted by Crippen LogP contribution is -2.30. The lowest BCUT2D eigenvalue weighted by Gasteiger charge is -2.20. The molecule has 56 heavy (non-hydrogen) atoms. The molecule has 0 aliphatic heterocycles. The van der Waals surface area contributed by atoms with Crippen LogP contribution in [-0.2, 0) is 32.7 Å². The fraction of sp³-hybridized carbons (Fsp3) is 0.581. The molecule has 13 heteroatoms. The Kier molecular flexibility index (Phi) is 35.3. The fourth-order valence-electron chi connectivity index (χ4n) is 4.75. The molecule has 0 fully saturated rings. The van der Waals surface area contributed by atoms with Gasteiger partial charge in [-0.25, -0.2) is 4.57 Å². The molecule has 0 aromatic rings. The molecule has 0 aliphatic rings. The predicted molar refractivity (Wildman–Crippen MR) is 223 cm³/mol. The lowest BCUT2D eigenvalue weighted by molar-refractivity contribution is -0.161. The van der Waals surface area contributed by atoms with Gasteiger partial charge >= 0.3 is 19.8 Å². The van der Waals surface area contributed by atoms with E-state index >= 15 is 0 Å². The van der Waals surface area contributed by atoms with Crippen LogP contribution in [0.4, 0.5) is 0 Å². The number of esters is 2. The van der Waals surface area contributed by atoms with Crippen molar-refractivity contribution >= 4 is 19.8 Å². The number of hydrogen-bond donors (Lipinski definition) is 5. The second-order valence-corrected chi connectivity index (χ2v) is 14.4. The first kappa shape index (κ1) is 52.8. The van der Waals surface area contributed by atoms with Crippen molar-refractivity contribution in [1.29, 1.82) is 0 Å². The summed E-state index contributed by atoms with van der Waals surface area (Å²) in [6.07, 6.45) is 36.7. The second-order valence-electron chi connectivity index (χ2n) is 13.0. The van der Waals surface area contributed by atoms with Crippen LogP contribution in [0.3, 0.4) is 0 Å². The van der Waals surface area contributed by atoms with E-state index in [2.05, 4.69) is 43.4 Å². The zero-order chi connectivity index (χ0) is 41.5. The Morgan fingerprint density at radius 1 is 0.679 bits per heavy atom. The van der Waals surface area contributed by atoms with Crippen LogP contribution in [0, 0.1) is 0 Å². The number of hydrogen-bond acceptors (Lipinski definition) is 11. The number of aliphatic hydroxyl groups is 3. The molecule has 0 aliphatic carbocycles. The summed E-state index contributed by atoms with van der Waals surface area (Å²) in [7, 11) is -4.47. The molecule has 1 unspecified atom stereocenters. The Balaban J connectivity index is 4.59. The third-order valence-electron chi connectivity index (χ3n) is 7.81. The first-order valence-electron chi connectivity index (χ1n) is 20.0. The monoisotopic (exact) mass is 807 g/mol. The quantitative estimate of drug-likeness (QED) is 0.0137. The molecule has 0 radical (unpaired) electrons. The molecule has 0 bridgehead atoms. The van der Waals surface area contributed by atoms with Crippen LogP contribution >= 0.6 is 7.82 Å². The van der Waals surface area contributed by atoms with E-state index in [0.29, 0.717) is 12.8 Å². The van der Waals surface area contributed by atoms with Gasteiger partial charge < -0.3 is 35.4 Å². The molecule has 0 rings (SSSR count). The minimum Gasteiger partial charge on any atom is -0.462 e. The van der Waals surface area contributed by atoms with Crippen LogP contribution < -0.4 is 5.73 Å². The highest BCUT2D eigenvalue weighted by atomic mass is 31.2. The smallest absolute Gasteiger partial charge is 0.462 e. The van der Waals surface area contributed by atoms with Crippen molar-refractivity contribution in [2.45, 2.75) is 135 Å². The number of aliphatic hydroxyl groups excluding tert-OH is 3. The molecule has 0 saturated carbocycles. The number of rotatable bonds is 35. The number of phosphoric ester groups is 1. The number of allylic oxidation sites excluding steroid dienone is 13. The first-order valence-corrected chi connectivity index (χ1v) is 21.5. The summed E-state index contributed by atoms with van der Waals surface area (Å²) in [5, 5.41) is 30.3. The van der Waals surface area contributed by atoms with Crippen molar-refractivity contribution in [3.63, 3.8) is 0 Å². The molecule has 12 nitrogen and oxygen atoms in total. The van der Waals surface area contributed by atoms with Crippen LogP contribution in [0.5, 0.6) is 0 Å². The zero-order valence-electron chi connectivity index (χ0n) is 33.7. The fourth-order valence-corrected chi connectivity index (χ4v) is 5.52. The van der Waals surface area contributed by atoms with E-state index in [1.165, 1.54) is 6.08 Å². The van der Waals surface area contributed by atoms with E-state index in [4.69, 9.17) is 24.3 Å². The first-order chi connectivity index (χ1) is 27.0. The van der Waals surface area contributed by atoms with E-state index in [1.807, 2.05) is 19.1 Å². The topological polar surface area (TPSA) is 195 Å². The SMILES string of the molecule is CC/C=C\C/C=C\C/C=C\CCCCCCCC(=O)O[C@H](COC(=O)CCC[C@H](O)[C@@H](O)\C=C/C=C\C=C\C=C\[C@H](O)C/C=C\CC)COP(=O)(O)OCCN. The Hall–Kier alpha value is -3.19. The van der Waals surface area contributed by atoms with E-state index < -0.39 is 57.4 Å². The summed E-state index contributed by atoms with van der Waals surface area (Å²) in [4.78, 5) is 34.8. The van der Waals surface area contributed by atoms with Crippen molar-refractivity contribution in [3.05, 3.63) is 97.2 Å². The molecule has 0 saturated heterocycles. The van der Waals surface area contributed by atoms with Gasteiger partial charge in [0.25, 0.3) is 0 Å². The average Bonchev–Trinajstić information content (AvgIpc) is 3.17. The van der Waals surface area contributed by atoms with Crippen LogP contribution in [0.25, 0.3) is 0 Å². The van der Waals surface area contributed by atoms with Gasteiger partial charge in [-0.3, -0.25) is 18.6 Å². The molecule has 6 N–H and O–H groups in total. The Morgan fingerprint density at radius 3 is 1.96 bits per heavy atom. The van der Waals surface area contributed by atoms with Gasteiger partial charge in [0.05, 0.1) is 31.5 Å². The molecule has 5 atom stereocenters. The number of phosphoric acid groups is 1. The Morgan fingerprint density at radius 2 is 1.27 bits per heavy atom. The average molecular weight is 808 g/mol. The Labute approximate surface area is 335 Å². The minimum absolute atomic E-state index is 0.00464. The number of carbonyl (C=O) groups is 2. The molecule has 0 aromatic heterocycles. The summed E-state index contributed by atoms with van der Waals surface area (Å²) >= 11 is 0. The second kappa shape index (κ2) is 37.4. The van der Waals surface area contributed by atoms with E-state index in [1.54, 1.807) is 42.5 Å². The molecule has 0 heterocycles. The molecule has 0 spiro atoms. The van der Waals surface area contributed by atoms with E-state index in [9.17, 15) is 34.4 Å². The Bertz CT molecular complexity index is 1290. The summed E-state index contributed by atoms with van der Waals surface area (Å²) in [5.74, 6) is -1.19. The van der Waals surface area contributed by atoms with Crippen molar-refractivity contribution in [3.8, 4) is 0 Å². The summed E-state index contributed by atoms with van der Waals surface area (Å²) < 4.78 is 32.4. The third kappa shape index (κ3) is 35.2. The van der Waals surface area contributed by atoms with Gasteiger partial charge in [-0.1, -0.05) is 130 Å². The summed E-state index contributed by atoms with van der Waals surface area (Å²) in [5.41, 5.74) is 5.32. The van der Waals surface area contributed by atoms with Crippen molar-refractivity contribution in [2.75, 3.05) is 26.4 Å². The van der Waals surface area contributed by atoms with Crippen molar-refractivity contribution in [1.82, 2.24) is 0 Å². The summed E-state index contributed by atoms with van der Waals surface area (Å²) in [6.45, 7) is 2.97. The molecule has 0 amide bonds. The minimum atomic E-state index is -4.47. The van der Waals surface area contributed by atoms with Gasteiger partial charge in [0.2, 0.25) is 0 Å². The highest BCUT2D eigenvalue weighted by Gasteiger charge is 2.26. The normalized spacial score (nSPS) is 16.1. The van der Waals surface area contributed by atoms with E-state index in [-0.39, 0.29) is 38.8 Å².